The maximum absolute atomic E-state index is 12.8. The molecule has 2 aromatic heterocycles. The van der Waals surface area contributed by atoms with Crippen LogP contribution in [0.5, 0.6) is 0 Å². The van der Waals surface area contributed by atoms with Crippen molar-refractivity contribution in [3.8, 4) is 6.07 Å². The van der Waals surface area contributed by atoms with Crippen LogP contribution in [0.3, 0.4) is 0 Å². The normalized spacial score (nSPS) is 16.9. The molecule has 150 valence electrons. The number of anilines is 2. The summed E-state index contributed by atoms with van der Waals surface area (Å²) in [4.78, 5) is 20.4. The van der Waals surface area contributed by atoms with Crippen molar-refractivity contribution in [3.63, 3.8) is 0 Å². The summed E-state index contributed by atoms with van der Waals surface area (Å²) in [5.41, 5.74) is 2.33. The van der Waals surface area contributed by atoms with Crippen LogP contribution in [-0.4, -0.2) is 22.6 Å². The predicted molar refractivity (Wildman–Crippen MR) is 119 cm³/mol. The Kier molecular flexibility index (Phi) is 6.84. The van der Waals surface area contributed by atoms with E-state index in [0.717, 1.165) is 27.5 Å². The molecule has 6 nitrogen and oxygen atoms in total. The average Bonchev–Trinajstić information content (AvgIpc) is 3.09. The zero-order valence-corrected chi connectivity index (χ0v) is 19.1. The van der Waals surface area contributed by atoms with E-state index in [1.54, 1.807) is 7.05 Å². The summed E-state index contributed by atoms with van der Waals surface area (Å²) in [5, 5.41) is 14.8. The molecule has 1 fully saturated rings. The fourth-order valence-electron chi connectivity index (χ4n) is 3.83. The molecule has 0 saturated carbocycles. The van der Waals surface area contributed by atoms with E-state index in [4.69, 9.17) is 11.6 Å². The summed E-state index contributed by atoms with van der Waals surface area (Å²) < 4.78 is 1.54. The first kappa shape index (κ1) is 22.7. The SMILES string of the molecule is Cc1nc2c(N3CC[C-](Nc4ccc(Cl)cc4)[C@@H](C)C3)c(C#N)c(=O)n(C)c2s1.[Li+]. The Balaban J connectivity index is 0.00000256. The number of pyridine rings is 1. The molecule has 1 aliphatic heterocycles. The van der Waals surface area contributed by atoms with Gasteiger partial charge in [0.1, 0.15) is 22.0 Å². The number of benzene rings is 1. The van der Waals surface area contributed by atoms with Crippen LogP contribution in [0.25, 0.3) is 10.3 Å². The molecule has 3 heterocycles. The third-order valence-electron chi connectivity index (χ3n) is 5.32. The second kappa shape index (κ2) is 9.04. The molecule has 1 aliphatic rings. The Hall–Kier alpha value is -1.96. The molecule has 0 aliphatic carbocycles. The number of hydrogen-bond donors (Lipinski definition) is 1. The quantitative estimate of drug-likeness (QED) is 0.498. The summed E-state index contributed by atoms with van der Waals surface area (Å²) in [5.74, 6) is 0.241. The molecule has 9 heteroatoms. The van der Waals surface area contributed by atoms with E-state index >= 15 is 0 Å². The Labute approximate surface area is 196 Å². The van der Waals surface area contributed by atoms with Gasteiger partial charge < -0.3 is 14.8 Å². The number of nitrogens with zero attached hydrogens (tertiary/aromatic N) is 4. The van der Waals surface area contributed by atoms with E-state index in [1.165, 1.54) is 21.9 Å². The molecule has 3 aromatic rings. The summed E-state index contributed by atoms with van der Waals surface area (Å²) in [6, 6.07) is 11.0. The number of halogens is 1. The number of aryl methyl sites for hydroxylation is 2. The van der Waals surface area contributed by atoms with Gasteiger partial charge in [-0.3, -0.25) is 4.79 Å². The van der Waals surface area contributed by atoms with Crippen LogP contribution in [-0.2, 0) is 7.05 Å². The van der Waals surface area contributed by atoms with Crippen molar-refractivity contribution in [3.05, 3.63) is 56.3 Å². The molecule has 1 saturated heterocycles. The van der Waals surface area contributed by atoms with Gasteiger partial charge >= 0.3 is 18.9 Å². The molecule has 0 unspecified atom stereocenters. The van der Waals surface area contributed by atoms with Gasteiger partial charge in [0.25, 0.3) is 5.56 Å². The summed E-state index contributed by atoms with van der Waals surface area (Å²) in [6.07, 6.45) is 0.814. The number of nitriles is 1. The zero-order chi connectivity index (χ0) is 20.7. The van der Waals surface area contributed by atoms with Gasteiger partial charge in [0.15, 0.2) is 0 Å². The third kappa shape index (κ3) is 4.11. The van der Waals surface area contributed by atoms with E-state index in [-0.39, 0.29) is 35.9 Å². The maximum atomic E-state index is 12.8. The Morgan fingerprint density at radius 1 is 1.37 bits per heavy atom. The number of fused-ring (bicyclic) bond motifs is 1. The van der Waals surface area contributed by atoms with Crippen LogP contribution in [0.1, 0.15) is 23.9 Å². The molecule has 1 N–H and O–H groups in total. The number of rotatable bonds is 3. The molecular formula is C21H21ClLiN5OS. The predicted octanol–water partition coefficient (Wildman–Crippen LogP) is 1.32. The topological polar surface area (TPSA) is 74.0 Å². The van der Waals surface area contributed by atoms with Crippen LogP contribution >= 0.6 is 22.9 Å². The monoisotopic (exact) mass is 433 g/mol. The molecule has 4 rings (SSSR count). The van der Waals surface area contributed by atoms with E-state index in [2.05, 4.69) is 28.2 Å². The fraction of sp³-hybridized carbons (Fsp3) is 0.333. The van der Waals surface area contributed by atoms with Crippen LogP contribution in [0.2, 0.25) is 5.02 Å². The minimum Gasteiger partial charge on any atom is -0.532 e. The minimum absolute atomic E-state index is 0. The van der Waals surface area contributed by atoms with Crippen LogP contribution in [0.15, 0.2) is 29.1 Å². The molecule has 0 spiro atoms. The number of hydrogen-bond acceptors (Lipinski definition) is 6. The van der Waals surface area contributed by atoms with Crippen molar-refractivity contribution in [2.75, 3.05) is 23.3 Å². The van der Waals surface area contributed by atoms with Crippen molar-refractivity contribution in [1.29, 1.82) is 5.26 Å². The van der Waals surface area contributed by atoms with Crippen LogP contribution in [0.4, 0.5) is 11.4 Å². The van der Waals surface area contributed by atoms with E-state index in [0.29, 0.717) is 23.8 Å². The van der Waals surface area contributed by atoms with Crippen LogP contribution in [0, 0.1) is 30.2 Å². The van der Waals surface area contributed by atoms with Gasteiger partial charge in [-0.25, -0.2) is 11.0 Å². The van der Waals surface area contributed by atoms with E-state index < -0.39 is 0 Å². The van der Waals surface area contributed by atoms with Gasteiger partial charge in [0.2, 0.25) is 0 Å². The molecule has 1 aromatic carbocycles. The molecule has 0 radical (unpaired) electrons. The van der Waals surface area contributed by atoms with Gasteiger partial charge in [-0.15, -0.1) is 23.7 Å². The minimum atomic E-state index is -0.264. The maximum Gasteiger partial charge on any atom is 1.00 e. The number of piperidine rings is 1. The largest absolute Gasteiger partial charge is 1.00 e. The molecule has 0 amide bonds. The van der Waals surface area contributed by atoms with E-state index in [9.17, 15) is 10.1 Å². The summed E-state index contributed by atoms with van der Waals surface area (Å²) in [7, 11) is 1.70. The smallest absolute Gasteiger partial charge is 0.532 e. The summed E-state index contributed by atoms with van der Waals surface area (Å²) >= 11 is 7.45. The van der Waals surface area contributed by atoms with Gasteiger partial charge in [-0.2, -0.15) is 5.26 Å². The number of aromatic nitrogens is 2. The van der Waals surface area contributed by atoms with Crippen molar-refractivity contribution in [2.24, 2.45) is 13.0 Å². The van der Waals surface area contributed by atoms with Gasteiger partial charge in [-0.1, -0.05) is 18.5 Å². The molecule has 0 bridgehead atoms. The standard InChI is InChI=1S/C21H21ClN5OS.Li/c1-12-11-27(9-8-17(12)25-15-6-4-14(22)5-7-15)19-16(10-23)20(28)26(3)21-18(19)24-13(2)29-21;/h4-7,12,25H,8-9,11H2,1-3H3;/q-1;+1/t12-;/m0./s1. The second-order valence-corrected chi connectivity index (χ2v) is 8.96. The number of nitrogens with one attached hydrogen (secondary N) is 1. The van der Waals surface area contributed by atoms with Crippen molar-refractivity contribution >= 4 is 44.7 Å². The first-order chi connectivity index (χ1) is 13.9. The number of thiazole rings is 1. The molecule has 30 heavy (non-hydrogen) atoms. The van der Waals surface area contributed by atoms with Crippen molar-refractivity contribution in [2.45, 2.75) is 20.3 Å². The third-order valence-corrected chi connectivity index (χ3v) is 6.62. The Bertz CT molecular complexity index is 1170. The zero-order valence-electron chi connectivity index (χ0n) is 17.5. The molecular weight excluding hydrogens is 413 g/mol. The Morgan fingerprint density at radius 3 is 2.70 bits per heavy atom. The summed E-state index contributed by atoms with van der Waals surface area (Å²) in [6.45, 7) is 5.50. The average molecular weight is 434 g/mol. The van der Waals surface area contributed by atoms with Gasteiger partial charge in [0.05, 0.1) is 10.7 Å². The fourth-order valence-corrected chi connectivity index (χ4v) is 4.83. The van der Waals surface area contributed by atoms with Crippen molar-refractivity contribution < 1.29 is 18.9 Å². The Morgan fingerprint density at radius 2 is 2.07 bits per heavy atom. The van der Waals surface area contributed by atoms with E-state index in [1.807, 2.05) is 31.2 Å². The van der Waals surface area contributed by atoms with Crippen molar-refractivity contribution in [1.82, 2.24) is 9.55 Å². The van der Waals surface area contributed by atoms with Crippen LogP contribution < -0.4 is 34.6 Å². The second-order valence-electron chi connectivity index (χ2n) is 7.34. The molecule has 1 atom stereocenters. The first-order valence-corrected chi connectivity index (χ1v) is 10.6. The van der Waals surface area contributed by atoms with Gasteiger partial charge in [-0.05, 0) is 44.3 Å². The van der Waals surface area contributed by atoms with Gasteiger partial charge in [0, 0.05) is 17.8 Å². The first-order valence-electron chi connectivity index (χ1n) is 9.42.